The number of imidazole rings is 1. The van der Waals surface area contributed by atoms with E-state index in [2.05, 4.69) is 38.1 Å². The van der Waals surface area contributed by atoms with E-state index in [1.807, 2.05) is 0 Å². The first-order valence-electron chi connectivity index (χ1n) is 8.31. The molecule has 1 saturated heterocycles. The predicted molar refractivity (Wildman–Crippen MR) is 102 cm³/mol. The smallest absolute Gasteiger partial charge is 0.390 e. The zero-order valence-corrected chi connectivity index (χ0v) is 18.6. The number of aromatic nitrogens is 4. The monoisotopic (exact) mass is 532 g/mol. The summed E-state index contributed by atoms with van der Waals surface area (Å²) in [6, 6.07) is 0. The Morgan fingerprint density at radius 2 is 1.94 bits per heavy atom. The first kappa shape index (κ1) is 25.6. The Morgan fingerprint density at radius 3 is 2.58 bits per heavy atom. The molecule has 7 N–H and O–H groups in total. The van der Waals surface area contributed by atoms with E-state index in [1.54, 1.807) is 0 Å². The Hall–Kier alpha value is -2.01. The van der Waals surface area contributed by atoms with Crippen LogP contribution in [0.3, 0.4) is 0 Å². The summed E-state index contributed by atoms with van der Waals surface area (Å²) in [5.74, 6) is -1.98. The number of hydrogen-bond acceptors (Lipinski definition) is 13. The van der Waals surface area contributed by atoms with Gasteiger partial charge in [0.15, 0.2) is 11.5 Å². The number of azide groups is 1. The number of ether oxygens (including phenoxy) is 1. The summed E-state index contributed by atoms with van der Waals surface area (Å²) in [6.07, 6.45) is -1.15. The van der Waals surface area contributed by atoms with Crippen molar-refractivity contribution >= 4 is 40.4 Å². The maximum Gasteiger partial charge on any atom is 0.490 e. The van der Waals surface area contributed by atoms with Crippen LogP contribution in [0.2, 0.25) is 0 Å². The number of rotatable bonds is 9. The second kappa shape index (κ2) is 8.98. The number of aliphatic hydroxyl groups excluding tert-OH is 1. The van der Waals surface area contributed by atoms with Crippen LogP contribution in [0.4, 0.5) is 5.82 Å². The molecule has 2 unspecified atom stereocenters. The molecular formula is C10H15N8O12P3. The van der Waals surface area contributed by atoms with Gasteiger partial charge in [-0.25, -0.2) is 28.6 Å². The number of fused-ring (bicyclic) bond motifs is 1. The van der Waals surface area contributed by atoms with Gasteiger partial charge in [-0.3, -0.25) is 9.09 Å². The van der Waals surface area contributed by atoms with Crippen LogP contribution >= 0.6 is 23.5 Å². The Labute approximate surface area is 182 Å². The molecule has 2 aromatic heterocycles. The van der Waals surface area contributed by atoms with Crippen molar-refractivity contribution in [1.82, 2.24) is 19.5 Å². The lowest BCUT2D eigenvalue weighted by Crippen LogP contribution is -2.32. The van der Waals surface area contributed by atoms with Gasteiger partial charge < -0.3 is 35.2 Å². The van der Waals surface area contributed by atoms with E-state index in [-0.39, 0.29) is 17.0 Å². The Balaban J connectivity index is 1.79. The Kier molecular flexibility index (Phi) is 6.97. The number of hydrogen-bond donors (Lipinski definition) is 6. The lowest BCUT2D eigenvalue weighted by atomic mass is 10.1. The lowest BCUT2D eigenvalue weighted by molar-refractivity contribution is -0.109. The molecule has 33 heavy (non-hydrogen) atoms. The number of anilines is 1. The Morgan fingerprint density at radius 1 is 1.24 bits per heavy atom. The van der Waals surface area contributed by atoms with Crippen LogP contribution in [0.5, 0.6) is 0 Å². The molecule has 0 radical (unpaired) electrons. The van der Waals surface area contributed by atoms with E-state index in [0.29, 0.717) is 0 Å². The van der Waals surface area contributed by atoms with Crippen molar-refractivity contribution < 1.29 is 56.3 Å². The van der Waals surface area contributed by atoms with Gasteiger partial charge in [-0.05, 0) is 10.6 Å². The first-order valence-corrected chi connectivity index (χ1v) is 12.8. The van der Waals surface area contributed by atoms with Crippen LogP contribution in [0.25, 0.3) is 21.6 Å². The normalized spacial score (nSPS) is 27.1. The highest BCUT2D eigenvalue weighted by molar-refractivity contribution is 7.66. The van der Waals surface area contributed by atoms with Crippen molar-refractivity contribution in [1.29, 1.82) is 0 Å². The van der Waals surface area contributed by atoms with Gasteiger partial charge >= 0.3 is 23.5 Å². The molecular weight excluding hydrogens is 517 g/mol. The molecule has 0 saturated carbocycles. The van der Waals surface area contributed by atoms with Crippen molar-refractivity contribution in [2.24, 2.45) is 5.11 Å². The van der Waals surface area contributed by atoms with Crippen LogP contribution in [0.15, 0.2) is 17.8 Å². The molecule has 1 fully saturated rings. The average Bonchev–Trinajstić information content (AvgIpc) is 3.20. The van der Waals surface area contributed by atoms with Crippen LogP contribution in [-0.2, 0) is 37.4 Å². The van der Waals surface area contributed by atoms with Gasteiger partial charge in [0.1, 0.15) is 17.9 Å². The molecule has 3 heterocycles. The minimum absolute atomic E-state index is 0.00223. The van der Waals surface area contributed by atoms with Crippen molar-refractivity contribution in [2.45, 2.75) is 24.5 Å². The standard InChI is InChI=1S/C10H15N8O12P3/c11-8-7-9(14-3-13-8)18(4-15-7)10(16-17-12)1-5(19)6(28-10)2-27-32(23,24)30-33(25,26)29-31(20,21)22/h3-6,19H,1-2H2,(H,23,24)(H,25,26)(H2,11,13,14)(H2,20,21,22)/t5-,6+,10-/m0/s1. The third-order valence-electron chi connectivity index (χ3n) is 4.00. The molecule has 1 aliphatic heterocycles. The lowest BCUT2D eigenvalue weighted by Gasteiger charge is -2.25. The maximum atomic E-state index is 11.9. The van der Waals surface area contributed by atoms with Crippen molar-refractivity contribution in [2.75, 3.05) is 12.3 Å². The topological polar surface area (TPSA) is 308 Å². The number of nitrogen functional groups attached to an aromatic ring is 1. The summed E-state index contributed by atoms with van der Waals surface area (Å²) in [5.41, 5.74) is 14.9. The predicted octanol–water partition coefficient (Wildman–Crippen LogP) is -0.178. The molecule has 0 amide bonds. The second-order valence-electron chi connectivity index (χ2n) is 6.29. The summed E-state index contributed by atoms with van der Waals surface area (Å²) < 4.78 is 52.3. The SMILES string of the molecule is [N-]=[N+]=N[C@]1(n2cnc3c(N)ncnc32)C[C@H](O)[C@@H](COP(=O)(O)OP(=O)(O)OP(=O)(O)O)O1. The van der Waals surface area contributed by atoms with E-state index in [9.17, 15) is 23.7 Å². The molecule has 1 aliphatic rings. The zero-order chi connectivity index (χ0) is 24.7. The van der Waals surface area contributed by atoms with E-state index < -0.39 is 54.6 Å². The van der Waals surface area contributed by atoms with Gasteiger partial charge in [-0.1, -0.05) is 0 Å². The van der Waals surface area contributed by atoms with Gasteiger partial charge in [-0.2, -0.15) is 8.62 Å². The van der Waals surface area contributed by atoms with E-state index in [1.165, 1.54) is 0 Å². The van der Waals surface area contributed by atoms with Crippen molar-refractivity contribution in [3.63, 3.8) is 0 Å². The first-order chi connectivity index (χ1) is 15.2. The third-order valence-corrected chi connectivity index (χ3v) is 7.80. The van der Waals surface area contributed by atoms with E-state index in [4.69, 9.17) is 30.7 Å². The number of phosphoric ester groups is 1. The van der Waals surface area contributed by atoms with E-state index in [0.717, 1.165) is 17.2 Å². The average molecular weight is 532 g/mol. The fraction of sp³-hybridized carbons (Fsp3) is 0.500. The second-order valence-corrected chi connectivity index (χ2v) is 10.7. The quantitative estimate of drug-likeness (QED) is 0.106. The molecule has 0 bridgehead atoms. The fourth-order valence-electron chi connectivity index (χ4n) is 2.84. The summed E-state index contributed by atoms with van der Waals surface area (Å²) >= 11 is 0. The fourth-order valence-corrected chi connectivity index (χ4v) is 5.87. The molecule has 0 spiro atoms. The van der Waals surface area contributed by atoms with Crippen molar-refractivity contribution in [3.05, 3.63) is 23.1 Å². The van der Waals surface area contributed by atoms with Gasteiger partial charge in [0.25, 0.3) is 0 Å². The summed E-state index contributed by atoms with van der Waals surface area (Å²) in [6.45, 7) is -0.975. The van der Waals surface area contributed by atoms with Crippen LogP contribution in [0, 0.1) is 0 Å². The Bertz CT molecular complexity index is 1240. The largest absolute Gasteiger partial charge is 0.490 e. The molecule has 2 aromatic rings. The molecule has 0 aliphatic carbocycles. The summed E-state index contributed by atoms with van der Waals surface area (Å²) in [7, 11) is -16.8. The van der Waals surface area contributed by atoms with Gasteiger partial charge in [0, 0.05) is 11.3 Å². The van der Waals surface area contributed by atoms with E-state index >= 15 is 0 Å². The maximum absolute atomic E-state index is 11.9. The van der Waals surface area contributed by atoms with Crippen LogP contribution in [0.1, 0.15) is 6.42 Å². The van der Waals surface area contributed by atoms with Gasteiger partial charge in [0.2, 0.25) is 5.85 Å². The molecule has 3 rings (SSSR count). The minimum Gasteiger partial charge on any atom is -0.390 e. The van der Waals surface area contributed by atoms with Crippen LogP contribution < -0.4 is 5.73 Å². The summed E-state index contributed by atoms with van der Waals surface area (Å²) in [4.78, 5) is 50.2. The van der Waals surface area contributed by atoms with Gasteiger partial charge in [-0.15, -0.1) is 0 Å². The highest BCUT2D eigenvalue weighted by Crippen LogP contribution is 2.66. The molecule has 182 valence electrons. The van der Waals surface area contributed by atoms with Crippen LogP contribution in [-0.4, -0.2) is 63.0 Å². The molecule has 0 aromatic carbocycles. The number of aliphatic hydroxyl groups is 1. The number of nitrogens with two attached hydrogens (primary N) is 1. The highest BCUT2D eigenvalue weighted by atomic mass is 31.3. The van der Waals surface area contributed by atoms with Crippen molar-refractivity contribution in [3.8, 4) is 0 Å². The van der Waals surface area contributed by atoms with Gasteiger partial charge in [0.05, 0.1) is 19.0 Å². The third kappa shape index (κ3) is 5.92. The molecule has 23 heteroatoms. The number of nitrogens with zero attached hydrogens (tertiary/aromatic N) is 7. The summed E-state index contributed by atoms with van der Waals surface area (Å²) in [5, 5.41) is 13.9. The molecule has 5 atom stereocenters. The number of phosphoric acid groups is 3. The highest BCUT2D eigenvalue weighted by Gasteiger charge is 2.49. The zero-order valence-electron chi connectivity index (χ0n) is 15.9. The molecule has 20 nitrogen and oxygen atoms in total. The minimum atomic E-state index is -5.73.